The summed E-state index contributed by atoms with van der Waals surface area (Å²) in [5, 5.41) is 7.12. The van der Waals surface area contributed by atoms with Crippen molar-refractivity contribution < 1.29 is 0 Å². The van der Waals surface area contributed by atoms with Crippen molar-refractivity contribution >= 4 is 34.6 Å². The number of imidazole rings is 1. The second-order valence-corrected chi connectivity index (χ2v) is 6.09. The molecule has 3 aromatic rings. The van der Waals surface area contributed by atoms with E-state index in [1.807, 2.05) is 35.9 Å². The predicted octanol–water partition coefficient (Wildman–Crippen LogP) is 3.46. The zero-order chi connectivity index (χ0) is 17.6. The van der Waals surface area contributed by atoms with Gasteiger partial charge < -0.3 is 20.9 Å². The standard InChI is InChI=1S/C17H20ClN7/c1-12-3-4-13(18)9-14(12)24-17-15(19)16(22-10-23-17)21-5-2-7-25-8-6-20-11-25/h3-4,6,8-11H,2,5,7,19H2,1H3,(H2,21,22,23,24). The fraction of sp³-hybridized carbons (Fsp3) is 0.235. The number of nitrogen functional groups attached to an aromatic ring is 1. The molecule has 2 heterocycles. The maximum Gasteiger partial charge on any atom is 0.159 e. The van der Waals surface area contributed by atoms with Crippen LogP contribution >= 0.6 is 11.6 Å². The molecule has 0 aliphatic heterocycles. The van der Waals surface area contributed by atoms with E-state index in [0.717, 1.165) is 30.8 Å². The Morgan fingerprint density at radius 2 is 2.08 bits per heavy atom. The Bertz CT molecular complexity index is 833. The largest absolute Gasteiger partial charge is 0.393 e. The molecule has 1 aromatic carbocycles. The number of benzene rings is 1. The van der Waals surface area contributed by atoms with E-state index in [1.54, 1.807) is 12.5 Å². The molecule has 0 bridgehead atoms. The molecule has 0 aliphatic carbocycles. The van der Waals surface area contributed by atoms with Gasteiger partial charge in [-0.05, 0) is 31.0 Å². The highest BCUT2D eigenvalue weighted by Gasteiger charge is 2.09. The molecule has 2 aromatic heterocycles. The molecular weight excluding hydrogens is 338 g/mol. The third kappa shape index (κ3) is 4.39. The van der Waals surface area contributed by atoms with Gasteiger partial charge in [0.2, 0.25) is 0 Å². The van der Waals surface area contributed by atoms with Gasteiger partial charge >= 0.3 is 0 Å². The number of halogens is 1. The first-order chi connectivity index (χ1) is 12.1. The second-order valence-electron chi connectivity index (χ2n) is 5.65. The molecule has 0 saturated carbocycles. The van der Waals surface area contributed by atoms with Gasteiger partial charge in [-0.1, -0.05) is 17.7 Å². The fourth-order valence-electron chi connectivity index (χ4n) is 2.38. The molecule has 7 nitrogen and oxygen atoms in total. The van der Waals surface area contributed by atoms with Crippen molar-refractivity contribution in [2.45, 2.75) is 19.9 Å². The Balaban J connectivity index is 1.64. The van der Waals surface area contributed by atoms with Crippen LogP contribution in [0.25, 0.3) is 0 Å². The van der Waals surface area contributed by atoms with Crippen molar-refractivity contribution in [1.29, 1.82) is 0 Å². The molecule has 0 fully saturated rings. The van der Waals surface area contributed by atoms with Crippen molar-refractivity contribution in [2.24, 2.45) is 0 Å². The Hall–Kier alpha value is -2.80. The molecule has 25 heavy (non-hydrogen) atoms. The van der Waals surface area contributed by atoms with Crippen LogP contribution in [0.15, 0.2) is 43.2 Å². The zero-order valence-corrected chi connectivity index (χ0v) is 14.7. The van der Waals surface area contributed by atoms with E-state index < -0.39 is 0 Å². The number of hydrogen-bond donors (Lipinski definition) is 3. The summed E-state index contributed by atoms with van der Waals surface area (Å²) >= 11 is 6.06. The van der Waals surface area contributed by atoms with Crippen molar-refractivity contribution in [1.82, 2.24) is 19.5 Å². The van der Waals surface area contributed by atoms with Crippen LogP contribution in [-0.2, 0) is 6.54 Å². The summed E-state index contributed by atoms with van der Waals surface area (Å²) in [5.74, 6) is 1.17. The van der Waals surface area contributed by atoms with Gasteiger partial charge in [0.05, 0.1) is 6.33 Å². The van der Waals surface area contributed by atoms with Crippen molar-refractivity contribution in [2.75, 3.05) is 22.9 Å². The lowest BCUT2D eigenvalue weighted by atomic mass is 10.2. The molecule has 130 valence electrons. The molecule has 3 rings (SSSR count). The first-order valence-corrected chi connectivity index (χ1v) is 8.34. The first-order valence-electron chi connectivity index (χ1n) is 7.97. The molecule has 0 unspecified atom stereocenters. The van der Waals surface area contributed by atoms with Crippen LogP contribution in [-0.4, -0.2) is 26.1 Å². The minimum absolute atomic E-state index is 0.476. The third-order valence-electron chi connectivity index (χ3n) is 3.78. The number of rotatable bonds is 7. The van der Waals surface area contributed by atoms with E-state index in [9.17, 15) is 0 Å². The summed E-state index contributed by atoms with van der Waals surface area (Å²) < 4.78 is 2.03. The van der Waals surface area contributed by atoms with Crippen LogP contribution in [0.4, 0.5) is 23.0 Å². The quantitative estimate of drug-likeness (QED) is 0.560. The van der Waals surface area contributed by atoms with Gasteiger partial charge in [-0.3, -0.25) is 0 Å². The van der Waals surface area contributed by atoms with Crippen LogP contribution in [0.5, 0.6) is 0 Å². The van der Waals surface area contributed by atoms with Crippen LogP contribution in [0, 0.1) is 6.92 Å². The molecule has 8 heteroatoms. The van der Waals surface area contributed by atoms with Gasteiger partial charge in [0.1, 0.15) is 12.0 Å². The summed E-state index contributed by atoms with van der Waals surface area (Å²) in [7, 11) is 0. The zero-order valence-electron chi connectivity index (χ0n) is 13.9. The Kier molecular flexibility index (Phi) is 5.35. The van der Waals surface area contributed by atoms with Gasteiger partial charge in [-0.15, -0.1) is 0 Å². The fourth-order valence-corrected chi connectivity index (χ4v) is 2.55. The van der Waals surface area contributed by atoms with E-state index in [2.05, 4.69) is 25.6 Å². The lowest BCUT2D eigenvalue weighted by Crippen LogP contribution is -2.11. The van der Waals surface area contributed by atoms with Gasteiger partial charge in [0, 0.05) is 36.2 Å². The van der Waals surface area contributed by atoms with Crippen LogP contribution < -0.4 is 16.4 Å². The van der Waals surface area contributed by atoms with Gasteiger partial charge in [0.25, 0.3) is 0 Å². The van der Waals surface area contributed by atoms with Crippen LogP contribution in [0.2, 0.25) is 5.02 Å². The molecule has 0 radical (unpaired) electrons. The summed E-state index contributed by atoms with van der Waals surface area (Å²) in [6.07, 6.45) is 7.92. The van der Waals surface area contributed by atoms with Crippen LogP contribution in [0.1, 0.15) is 12.0 Å². The Labute approximate surface area is 151 Å². The highest BCUT2D eigenvalue weighted by atomic mass is 35.5. The average molecular weight is 358 g/mol. The van der Waals surface area contributed by atoms with Crippen molar-refractivity contribution in [3.63, 3.8) is 0 Å². The number of nitrogens with zero attached hydrogens (tertiary/aromatic N) is 4. The lowest BCUT2D eigenvalue weighted by molar-refractivity contribution is 0.660. The normalized spacial score (nSPS) is 10.6. The molecule has 4 N–H and O–H groups in total. The van der Waals surface area contributed by atoms with Gasteiger partial charge in [-0.25, -0.2) is 15.0 Å². The summed E-state index contributed by atoms with van der Waals surface area (Å²) in [4.78, 5) is 12.5. The number of aryl methyl sites for hydroxylation is 2. The highest BCUT2D eigenvalue weighted by molar-refractivity contribution is 6.30. The van der Waals surface area contributed by atoms with Gasteiger partial charge in [-0.2, -0.15) is 0 Å². The highest BCUT2D eigenvalue weighted by Crippen LogP contribution is 2.28. The SMILES string of the molecule is Cc1ccc(Cl)cc1Nc1ncnc(NCCCn2ccnc2)c1N. The van der Waals surface area contributed by atoms with E-state index in [-0.39, 0.29) is 0 Å². The minimum Gasteiger partial charge on any atom is -0.393 e. The molecule has 0 spiro atoms. The van der Waals surface area contributed by atoms with E-state index >= 15 is 0 Å². The van der Waals surface area contributed by atoms with Crippen molar-refractivity contribution in [3.05, 3.63) is 53.8 Å². The minimum atomic E-state index is 0.476. The molecular formula is C17H20ClN7. The van der Waals surface area contributed by atoms with Crippen molar-refractivity contribution in [3.8, 4) is 0 Å². The lowest BCUT2D eigenvalue weighted by Gasteiger charge is -2.14. The predicted molar refractivity (Wildman–Crippen MR) is 101 cm³/mol. The molecule has 0 aliphatic rings. The Morgan fingerprint density at radius 3 is 2.88 bits per heavy atom. The number of anilines is 4. The average Bonchev–Trinajstić information content (AvgIpc) is 3.11. The second kappa shape index (κ2) is 7.85. The monoisotopic (exact) mass is 357 g/mol. The molecule has 0 amide bonds. The van der Waals surface area contributed by atoms with E-state index in [0.29, 0.717) is 22.3 Å². The summed E-state index contributed by atoms with van der Waals surface area (Å²) in [6, 6.07) is 5.63. The maximum absolute atomic E-state index is 6.20. The summed E-state index contributed by atoms with van der Waals surface area (Å²) in [5.41, 5.74) is 8.59. The first kappa shape index (κ1) is 17.0. The van der Waals surface area contributed by atoms with Gasteiger partial charge in [0.15, 0.2) is 11.6 Å². The number of nitrogens with one attached hydrogen (secondary N) is 2. The summed E-state index contributed by atoms with van der Waals surface area (Å²) in [6.45, 7) is 3.62. The third-order valence-corrected chi connectivity index (χ3v) is 4.02. The number of aromatic nitrogens is 4. The smallest absolute Gasteiger partial charge is 0.159 e. The van der Waals surface area contributed by atoms with E-state index in [1.165, 1.54) is 6.33 Å². The number of hydrogen-bond acceptors (Lipinski definition) is 6. The van der Waals surface area contributed by atoms with E-state index in [4.69, 9.17) is 17.3 Å². The Morgan fingerprint density at radius 1 is 1.24 bits per heavy atom. The molecule has 0 atom stereocenters. The maximum atomic E-state index is 6.20. The molecule has 0 saturated heterocycles. The topological polar surface area (TPSA) is 93.7 Å². The van der Waals surface area contributed by atoms with Crippen LogP contribution in [0.3, 0.4) is 0 Å². The number of nitrogens with two attached hydrogens (primary N) is 1.